The monoisotopic (exact) mass is 858 g/mol. The first-order valence-electron chi connectivity index (χ1n) is 18.9. The van der Waals surface area contributed by atoms with Gasteiger partial charge in [-0.2, -0.15) is 36.5 Å². The number of nitrogens with zero attached hydrogens (tertiary/aromatic N) is 10. The Morgan fingerprint density at radius 2 is 1.03 bits per heavy atom. The highest BCUT2D eigenvalue weighted by Gasteiger charge is 2.38. The van der Waals surface area contributed by atoms with Gasteiger partial charge in [-0.25, -0.2) is 23.7 Å². The molecule has 2 aromatic carbocycles. The normalized spacial score (nSPS) is 15.2. The van der Waals surface area contributed by atoms with Crippen molar-refractivity contribution in [1.29, 1.82) is 0 Å². The van der Waals surface area contributed by atoms with Gasteiger partial charge in [0, 0.05) is 30.5 Å². The van der Waals surface area contributed by atoms with Gasteiger partial charge in [-0.15, -0.1) is 0 Å². The van der Waals surface area contributed by atoms with Crippen LogP contribution in [0.2, 0.25) is 5.02 Å². The number of alkyl halides is 6. The molecule has 0 saturated heterocycles. The lowest BCUT2D eigenvalue weighted by Crippen LogP contribution is -2.39. The van der Waals surface area contributed by atoms with Crippen molar-refractivity contribution >= 4 is 34.8 Å². The lowest BCUT2D eigenvalue weighted by Gasteiger charge is -2.30. The van der Waals surface area contributed by atoms with E-state index >= 15 is 0 Å². The fourth-order valence-corrected chi connectivity index (χ4v) is 7.61. The third kappa shape index (κ3) is 8.26. The van der Waals surface area contributed by atoms with Gasteiger partial charge < -0.3 is 18.9 Å². The first kappa shape index (κ1) is 42.2. The molecule has 8 rings (SSSR count). The highest BCUT2D eigenvalue weighted by molar-refractivity contribution is 6.30. The molecule has 2 atom stereocenters. The van der Waals surface area contributed by atoms with E-state index < -0.39 is 35.8 Å². The molecule has 0 radical (unpaired) electrons. The number of amides is 2. The maximum absolute atomic E-state index is 13.2. The summed E-state index contributed by atoms with van der Waals surface area (Å²) >= 11 is 5.96. The van der Waals surface area contributed by atoms with Crippen LogP contribution in [0.1, 0.15) is 73.2 Å². The zero-order chi connectivity index (χ0) is 43.3. The van der Waals surface area contributed by atoms with E-state index in [1.807, 2.05) is 12.1 Å². The maximum atomic E-state index is 13.2. The van der Waals surface area contributed by atoms with Gasteiger partial charge in [0.15, 0.2) is 11.4 Å². The van der Waals surface area contributed by atoms with Crippen LogP contribution in [0.25, 0.3) is 11.4 Å². The van der Waals surface area contributed by atoms with Crippen LogP contribution in [0.15, 0.2) is 73.3 Å². The quantitative estimate of drug-likeness (QED) is 0.155. The van der Waals surface area contributed by atoms with Crippen LogP contribution < -0.4 is 9.80 Å². The number of hydrogen-bond acceptors (Lipinski definition) is 6. The molecule has 20 heteroatoms. The van der Waals surface area contributed by atoms with E-state index in [0.29, 0.717) is 48.0 Å². The van der Waals surface area contributed by atoms with E-state index in [0.717, 1.165) is 42.3 Å². The fraction of sp³-hybridized carbons (Fsp3) is 0.350. The van der Waals surface area contributed by atoms with Crippen LogP contribution in [0, 0.1) is 19.7 Å². The largest absolute Gasteiger partial charge is 0.434 e. The zero-order valence-electron chi connectivity index (χ0n) is 32.6. The molecule has 12 nitrogen and oxygen atoms in total. The highest BCUT2D eigenvalue weighted by atomic mass is 35.5. The molecule has 2 aliphatic heterocycles. The average molecular weight is 859 g/mol. The van der Waals surface area contributed by atoms with Crippen molar-refractivity contribution in [3.63, 3.8) is 0 Å². The number of benzene rings is 2. The average Bonchev–Trinajstić information content (AvgIpc) is 4.02. The first-order chi connectivity index (χ1) is 28.3. The summed E-state index contributed by atoms with van der Waals surface area (Å²) in [6.45, 7) is 6.94. The molecule has 60 heavy (non-hydrogen) atoms. The highest BCUT2D eigenvalue weighted by Crippen LogP contribution is 2.35. The summed E-state index contributed by atoms with van der Waals surface area (Å²) in [6, 6.07) is 11.4. The second-order valence-corrected chi connectivity index (χ2v) is 14.9. The molecular weight excluding hydrogens is 821 g/mol. The van der Waals surface area contributed by atoms with E-state index in [1.165, 1.54) is 35.1 Å². The zero-order valence-corrected chi connectivity index (χ0v) is 33.4. The molecule has 0 N–H and O–H groups in total. The Labute approximate surface area is 343 Å². The number of carbonyl (C=O) groups is 2. The van der Waals surface area contributed by atoms with Crippen LogP contribution in [0.4, 0.5) is 42.1 Å². The Hall–Kier alpha value is -5.98. The molecule has 0 bridgehead atoms. The van der Waals surface area contributed by atoms with Crippen molar-refractivity contribution < 1.29 is 40.3 Å². The van der Waals surface area contributed by atoms with Gasteiger partial charge in [-0.3, -0.25) is 9.59 Å². The summed E-state index contributed by atoms with van der Waals surface area (Å²) in [5.41, 5.74) is 2.41. The van der Waals surface area contributed by atoms with Gasteiger partial charge in [0.2, 0.25) is 11.8 Å². The summed E-state index contributed by atoms with van der Waals surface area (Å²) in [6.07, 6.45) is -1.39. The molecule has 2 aliphatic rings. The van der Waals surface area contributed by atoms with Crippen molar-refractivity contribution in [2.75, 3.05) is 22.9 Å². The topological polar surface area (TPSA) is 112 Å². The van der Waals surface area contributed by atoms with Gasteiger partial charge in [0.25, 0.3) is 0 Å². The molecule has 2 unspecified atom stereocenters. The van der Waals surface area contributed by atoms with E-state index in [9.17, 15) is 40.3 Å². The second kappa shape index (κ2) is 16.2. The number of imidazole rings is 2. The number of anilines is 2. The molecule has 4 aromatic heterocycles. The molecule has 0 aliphatic carbocycles. The van der Waals surface area contributed by atoms with Crippen molar-refractivity contribution in [3.8, 4) is 11.4 Å². The van der Waals surface area contributed by atoms with Crippen molar-refractivity contribution in [3.05, 3.63) is 119 Å². The van der Waals surface area contributed by atoms with Crippen LogP contribution in [0.5, 0.6) is 0 Å². The minimum absolute atomic E-state index is 0.113. The van der Waals surface area contributed by atoms with Gasteiger partial charge in [-0.05, 0) is 102 Å². The SMILES string of the molecule is Cc1nc(C(F)(F)F)cn1C(C)C(=O)N1CCCc2c1cnn2-c1ccc(Cl)cc1.Cc1nc(C(F)(F)F)cn1C(C)C(=O)N1CCCc2c1cnn2-c1ccc(F)cc1. The second-order valence-electron chi connectivity index (χ2n) is 14.4. The third-order valence-electron chi connectivity index (χ3n) is 10.5. The predicted octanol–water partition coefficient (Wildman–Crippen LogP) is 8.67. The lowest BCUT2D eigenvalue weighted by atomic mass is 10.1. The number of halogens is 8. The Balaban J connectivity index is 0.000000181. The Morgan fingerprint density at radius 3 is 1.40 bits per heavy atom. The molecule has 6 aromatic rings. The third-order valence-corrected chi connectivity index (χ3v) is 10.8. The number of carbonyl (C=O) groups excluding carboxylic acids is 2. The van der Waals surface area contributed by atoms with Crippen LogP contribution >= 0.6 is 11.6 Å². The fourth-order valence-electron chi connectivity index (χ4n) is 7.49. The Bertz CT molecular complexity index is 2350. The van der Waals surface area contributed by atoms with Crippen molar-refractivity contribution in [2.45, 2.75) is 77.8 Å². The van der Waals surface area contributed by atoms with E-state index in [2.05, 4.69) is 20.2 Å². The van der Waals surface area contributed by atoms with Crippen molar-refractivity contribution in [2.24, 2.45) is 0 Å². The predicted molar refractivity (Wildman–Crippen MR) is 207 cm³/mol. The van der Waals surface area contributed by atoms with Crippen molar-refractivity contribution in [1.82, 2.24) is 38.7 Å². The molecule has 0 fully saturated rings. The summed E-state index contributed by atoms with van der Waals surface area (Å²) in [7, 11) is 0. The molecule has 0 saturated carbocycles. The standard InChI is InChI=1S/C20H19ClF3N5O.C20H19F4N5O/c2*1-12(28-11-18(20(22,23)24)26-13(28)2)19(30)27-9-3-4-16-17(27)10-25-29(16)15-7-5-14(21)6-8-15/h2*5-8,10-12H,3-4,9H2,1-2H3. The summed E-state index contributed by atoms with van der Waals surface area (Å²) < 4.78 is 97.1. The van der Waals surface area contributed by atoms with Gasteiger partial charge >= 0.3 is 12.4 Å². The first-order valence-corrected chi connectivity index (χ1v) is 19.2. The van der Waals surface area contributed by atoms with Gasteiger partial charge in [0.1, 0.15) is 29.5 Å². The molecular formula is C40H38ClF7N10O2. The lowest BCUT2D eigenvalue weighted by molar-refractivity contribution is -0.141. The van der Waals surface area contributed by atoms with Gasteiger partial charge in [0.05, 0.1) is 46.5 Å². The Morgan fingerprint density at radius 1 is 0.650 bits per heavy atom. The minimum Gasteiger partial charge on any atom is -0.322 e. The molecule has 6 heterocycles. The summed E-state index contributed by atoms with van der Waals surface area (Å²) in [4.78, 5) is 36.6. The number of fused-ring (bicyclic) bond motifs is 2. The van der Waals surface area contributed by atoms with E-state index in [1.54, 1.807) is 69.7 Å². The maximum Gasteiger partial charge on any atom is 0.434 e. The number of aromatic nitrogens is 8. The number of hydrogen-bond donors (Lipinski definition) is 0. The van der Waals surface area contributed by atoms with E-state index in [4.69, 9.17) is 11.6 Å². The number of aryl methyl sites for hydroxylation is 2. The van der Waals surface area contributed by atoms with Crippen LogP contribution in [-0.4, -0.2) is 63.6 Å². The molecule has 0 spiro atoms. The summed E-state index contributed by atoms with van der Waals surface area (Å²) in [5.74, 6) is -0.760. The van der Waals surface area contributed by atoms with E-state index in [-0.39, 0.29) is 29.3 Å². The molecule has 2 amide bonds. The van der Waals surface area contributed by atoms with Gasteiger partial charge in [-0.1, -0.05) is 11.6 Å². The number of rotatable bonds is 6. The smallest absolute Gasteiger partial charge is 0.322 e. The van der Waals surface area contributed by atoms with Crippen LogP contribution in [-0.2, 0) is 34.8 Å². The summed E-state index contributed by atoms with van der Waals surface area (Å²) in [5, 5.41) is 9.39. The molecule has 316 valence electrons. The Kier molecular flexibility index (Phi) is 11.4. The van der Waals surface area contributed by atoms with Crippen LogP contribution in [0.3, 0.4) is 0 Å². The minimum atomic E-state index is -4.58.